The van der Waals surface area contributed by atoms with Crippen LogP contribution in [0.5, 0.6) is 0 Å². The van der Waals surface area contributed by atoms with E-state index in [1.165, 1.54) is 45.3 Å². The van der Waals surface area contributed by atoms with E-state index < -0.39 is 0 Å². The minimum atomic E-state index is 1.30. The summed E-state index contributed by atoms with van der Waals surface area (Å²) >= 11 is 0. The van der Waals surface area contributed by atoms with Crippen molar-refractivity contribution in [3.8, 4) is 0 Å². The van der Waals surface area contributed by atoms with Crippen LogP contribution in [0.15, 0.2) is 0 Å². The van der Waals surface area contributed by atoms with Crippen molar-refractivity contribution >= 4 is 0 Å². The summed E-state index contributed by atoms with van der Waals surface area (Å²) in [5.74, 6) is 1.30. The number of hydrogen-bond acceptors (Lipinski definition) is 0. The highest BCUT2D eigenvalue weighted by molar-refractivity contribution is 5.33. The molecule has 0 aliphatic rings. The van der Waals surface area contributed by atoms with Gasteiger partial charge in [-0.25, -0.2) is 13.7 Å². The van der Waals surface area contributed by atoms with Gasteiger partial charge in [0.05, 0.1) is 14.1 Å². The minimum Gasteiger partial charge on any atom is -0.234 e. The standard InChI is InChI=1S/C11H18N.C8H15N2/c1-7-8(2)10(4)12(6)11(5)9(7)3;1-6-7(2)10(5)8(3)9(6)4/h1-6H3;1-5H3/q2*+1. The normalized spacial score (nSPS) is 10.5. The van der Waals surface area contributed by atoms with Crippen molar-refractivity contribution in [2.75, 3.05) is 0 Å². The summed E-state index contributed by atoms with van der Waals surface area (Å²) < 4.78 is 6.67. The van der Waals surface area contributed by atoms with Crippen LogP contribution in [0.25, 0.3) is 0 Å². The number of rotatable bonds is 0. The minimum absolute atomic E-state index is 1.30. The molecule has 0 unspecified atom stereocenters. The van der Waals surface area contributed by atoms with Gasteiger partial charge < -0.3 is 0 Å². The lowest BCUT2D eigenvalue weighted by atomic mass is 10.0. The summed E-state index contributed by atoms with van der Waals surface area (Å²) in [6, 6.07) is 0. The Kier molecular flexibility index (Phi) is 5.55. The third-order valence-electron chi connectivity index (χ3n) is 5.72. The van der Waals surface area contributed by atoms with E-state index in [0.29, 0.717) is 0 Å². The van der Waals surface area contributed by atoms with Crippen LogP contribution in [0, 0.1) is 55.4 Å². The quantitative estimate of drug-likeness (QED) is 0.664. The Morgan fingerprint density at radius 3 is 1.23 bits per heavy atom. The van der Waals surface area contributed by atoms with Gasteiger partial charge in [-0.15, -0.1) is 0 Å². The lowest BCUT2D eigenvalue weighted by Gasteiger charge is -2.09. The van der Waals surface area contributed by atoms with Crippen LogP contribution in [0.3, 0.4) is 0 Å². The molecule has 0 aliphatic heterocycles. The Labute approximate surface area is 136 Å². The average molecular weight is 303 g/mol. The van der Waals surface area contributed by atoms with Gasteiger partial charge in [-0.1, -0.05) is 0 Å². The lowest BCUT2D eigenvalue weighted by Crippen LogP contribution is -2.37. The molecular weight excluding hydrogens is 270 g/mol. The van der Waals surface area contributed by atoms with Crippen LogP contribution in [0.1, 0.15) is 45.3 Å². The van der Waals surface area contributed by atoms with E-state index in [2.05, 4.69) is 90.2 Å². The molecule has 0 bridgehead atoms. The van der Waals surface area contributed by atoms with Crippen molar-refractivity contribution in [2.24, 2.45) is 21.1 Å². The SMILES string of the molecule is Cc1c(C)[n+](C)c(C)n1C.Cc1c(C)c(C)[n+](C)c(C)c1C. The second-order valence-corrected chi connectivity index (χ2v) is 6.44. The third-order valence-corrected chi connectivity index (χ3v) is 5.72. The second-order valence-electron chi connectivity index (χ2n) is 6.44. The molecule has 0 radical (unpaired) electrons. The summed E-state index contributed by atoms with van der Waals surface area (Å²) in [6.07, 6.45) is 0. The van der Waals surface area contributed by atoms with Crippen LogP contribution in [0.4, 0.5) is 0 Å². The molecule has 0 amide bonds. The molecular formula is C19H33N3+2. The van der Waals surface area contributed by atoms with Gasteiger partial charge in [0, 0.05) is 45.7 Å². The maximum absolute atomic E-state index is 2.26. The second kappa shape index (κ2) is 6.64. The molecule has 0 fully saturated rings. The van der Waals surface area contributed by atoms with Crippen molar-refractivity contribution in [1.82, 2.24) is 4.57 Å². The van der Waals surface area contributed by atoms with Gasteiger partial charge >= 0.3 is 0 Å². The van der Waals surface area contributed by atoms with Crippen molar-refractivity contribution in [2.45, 2.75) is 55.4 Å². The van der Waals surface area contributed by atoms with E-state index >= 15 is 0 Å². The number of pyridine rings is 1. The molecule has 3 heteroatoms. The average Bonchev–Trinajstić information content (AvgIpc) is 2.67. The number of hydrogen-bond donors (Lipinski definition) is 0. The topological polar surface area (TPSA) is 12.7 Å². The van der Waals surface area contributed by atoms with Gasteiger partial charge in [-0.05, 0) is 26.3 Å². The summed E-state index contributed by atoms with van der Waals surface area (Å²) in [5.41, 5.74) is 9.70. The summed E-state index contributed by atoms with van der Waals surface area (Å²) in [5, 5.41) is 0. The molecule has 2 aromatic heterocycles. The van der Waals surface area contributed by atoms with Crippen LogP contribution < -0.4 is 9.13 Å². The first-order valence-corrected chi connectivity index (χ1v) is 7.93. The molecule has 2 rings (SSSR count). The van der Waals surface area contributed by atoms with Crippen LogP contribution in [0.2, 0.25) is 0 Å². The maximum Gasteiger partial charge on any atom is 0.253 e. The van der Waals surface area contributed by atoms with Crippen LogP contribution in [-0.2, 0) is 21.1 Å². The van der Waals surface area contributed by atoms with Crippen LogP contribution in [-0.4, -0.2) is 4.57 Å². The Morgan fingerprint density at radius 2 is 1.00 bits per heavy atom. The van der Waals surface area contributed by atoms with Gasteiger partial charge in [-0.3, -0.25) is 0 Å². The van der Waals surface area contributed by atoms with Gasteiger partial charge in [0.25, 0.3) is 5.82 Å². The Morgan fingerprint density at radius 1 is 0.591 bits per heavy atom. The molecule has 0 aromatic carbocycles. The zero-order chi connectivity index (χ0) is 17.4. The molecule has 0 spiro atoms. The van der Waals surface area contributed by atoms with Crippen molar-refractivity contribution < 1.29 is 9.13 Å². The van der Waals surface area contributed by atoms with Crippen molar-refractivity contribution in [3.63, 3.8) is 0 Å². The van der Waals surface area contributed by atoms with E-state index in [9.17, 15) is 0 Å². The zero-order valence-corrected chi connectivity index (χ0v) is 16.3. The highest BCUT2D eigenvalue weighted by Crippen LogP contribution is 2.15. The fourth-order valence-electron chi connectivity index (χ4n) is 2.77. The van der Waals surface area contributed by atoms with E-state index in [0.717, 1.165) is 0 Å². The number of nitrogens with zero attached hydrogens (tertiary/aromatic N) is 3. The van der Waals surface area contributed by atoms with E-state index in [4.69, 9.17) is 0 Å². The lowest BCUT2D eigenvalue weighted by molar-refractivity contribution is -0.684. The first-order chi connectivity index (χ1) is 10.0. The van der Waals surface area contributed by atoms with E-state index in [1.54, 1.807) is 0 Å². The molecule has 0 atom stereocenters. The fraction of sp³-hybridized carbons (Fsp3) is 0.579. The highest BCUT2D eigenvalue weighted by Gasteiger charge is 2.15. The van der Waals surface area contributed by atoms with E-state index in [-0.39, 0.29) is 0 Å². The summed E-state index contributed by atoms with van der Waals surface area (Å²) in [6.45, 7) is 17.3. The monoisotopic (exact) mass is 303 g/mol. The highest BCUT2D eigenvalue weighted by atomic mass is 15.1. The Bertz CT molecular complexity index is 521. The summed E-state index contributed by atoms with van der Waals surface area (Å²) in [7, 11) is 6.32. The Balaban J connectivity index is 0.000000224. The first-order valence-electron chi connectivity index (χ1n) is 7.93. The molecule has 0 aliphatic carbocycles. The third kappa shape index (κ3) is 3.08. The molecule has 0 saturated carbocycles. The zero-order valence-electron chi connectivity index (χ0n) is 16.3. The molecule has 2 heterocycles. The largest absolute Gasteiger partial charge is 0.253 e. The van der Waals surface area contributed by atoms with Gasteiger partial charge in [0.15, 0.2) is 11.4 Å². The molecule has 3 nitrogen and oxygen atoms in total. The molecule has 0 N–H and O–H groups in total. The molecule has 2 aromatic rings. The van der Waals surface area contributed by atoms with Crippen LogP contribution >= 0.6 is 0 Å². The number of imidazole rings is 1. The predicted molar refractivity (Wildman–Crippen MR) is 92.1 cm³/mol. The molecule has 122 valence electrons. The van der Waals surface area contributed by atoms with Gasteiger partial charge in [0.1, 0.15) is 18.4 Å². The smallest absolute Gasteiger partial charge is 0.234 e. The van der Waals surface area contributed by atoms with E-state index in [1.807, 2.05) is 0 Å². The Hall–Kier alpha value is -1.64. The predicted octanol–water partition coefficient (Wildman–Crippen LogP) is 2.83. The number of aromatic nitrogens is 3. The molecule has 0 saturated heterocycles. The maximum atomic E-state index is 2.26. The summed E-state index contributed by atoms with van der Waals surface area (Å²) in [4.78, 5) is 0. The fourth-order valence-corrected chi connectivity index (χ4v) is 2.77. The van der Waals surface area contributed by atoms with Crippen molar-refractivity contribution in [1.29, 1.82) is 0 Å². The van der Waals surface area contributed by atoms with Crippen molar-refractivity contribution in [3.05, 3.63) is 45.3 Å². The van der Waals surface area contributed by atoms with Gasteiger partial charge in [-0.2, -0.15) is 0 Å². The van der Waals surface area contributed by atoms with Gasteiger partial charge in [0.2, 0.25) is 0 Å². The molecule has 22 heavy (non-hydrogen) atoms. The first kappa shape index (κ1) is 18.4.